The van der Waals surface area contributed by atoms with Crippen LogP contribution in [0.5, 0.6) is 0 Å². The molecule has 0 amide bonds. The molecule has 12 aliphatic carbocycles. The fourth-order valence-corrected chi connectivity index (χ4v) is 14.6. The summed E-state index contributed by atoms with van der Waals surface area (Å²) in [6, 6.07) is 0. The molecule has 302 valence electrons. The summed E-state index contributed by atoms with van der Waals surface area (Å²) in [7, 11) is -6.04. The summed E-state index contributed by atoms with van der Waals surface area (Å²) in [4.78, 5) is 66.2. The van der Waals surface area contributed by atoms with Gasteiger partial charge < -0.3 is 23.7 Å². The van der Waals surface area contributed by atoms with Crippen molar-refractivity contribution in [2.75, 3.05) is 26.4 Å². The Morgan fingerprint density at radius 1 is 0.673 bits per heavy atom. The summed E-state index contributed by atoms with van der Waals surface area (Å²) >= 11 is 0. The van der Waals surface area contributed by atoms with Crippen LogP contribution in [-0.2, 0) is 57.8 Å². The van der Waals surface area contributed by atoms with Gasteiger partial charge in [0, 0.05) is 35.5 Å². The lowest BCUT2D eigenvalue weighted by Crippen LogP contribution is -2.70. The minimum Gasteiger partial charge on any atom is -0.464 e. The van der Waals surface area contributed by atoms with E-state index in [2.05, 4.69) is 0 Å². The van der Waals surface area contributed by atoms with Crippen molar-refractivity contribution in [1.29, 1.82) is 0 Å². The van der Waals surface area contributed by atoms with Crippen LogP contribution in [0.3, 0.4) is 0 Å². The molecule has 13 aliphatic rings. The van der Waals surface area contributed by atoms with Crippen LogP contribution in [0.15, 0.2) is 0 Å². The molecule has 16 heteroatoms. The van der Waals surface area contributed by atoms with Crippen molar-refractivity contribution in [3.8, 4) is 0 Å². The third-order valence-corrected chi connectivity index (χ3v) is 17.0. The normalized spacial score (nSPS) is 48.7. The largest absolute Gasteiger partial charge is 0.465 e. The van der Waals surface area contributed by atoms with Gasteiger partial charge in [-0.2, -0.15) is 17.2 Å². The van der Waals surface area contributed by atoms with Crippen LogP contribution in [0.4, 0.5) is 8.78 Å². The molecule has 12 saturated carbocycles. The van der Waals surface area contributed by atoms with E-state index < -0.39 is 60.8 Å². The van der Waals surface area contributed by atoms with Crippen LogP contribution in [0.2, 0.25) is 0 Å². The van der Waals surface area contributed by atoms with Crippen molar-refractivity contribution in [2.45, 2.75) is 113 Å². The van der Waals surface area contributed by atoms with Crippen LogP contribution in [0.1, 0.15) is 96.3 Å². The molecule has 1 aliphatic heterocycles. The molecule has 1 saturated heterocycles. The van der Waals surface area contributed by atoms with E-state index in [4.69, 9.17) is 28.2 Å². The van der Waals surface area contributed by atoms with Crippen molar-refractivity contribution in [2.24, 2.45) is 69.5 Å². The Kier molecular flexibility index (Phi) is 7.87. The predicted octanol–water partition coefficient (Wildman–Crippen LogP) is 4.20. The van der Waals surface area contributed by atoms with Crippen LogP contribution in [0.25, 0.3) is 0 Å². The lowest BCUT2D eigenvalue weighted by Gasteiger charge is -2.65. The maximum absolute atomic E-state index is 14.3. The quantitative estimate of drug-likeness (QED) is 0.199. The van der Waals surface area contributed by atoms with Gasteiger partial charge in [0.05, 0.1) is 29.5 Å². The molecule has 13 fully saturated rings. The summed E-state index contributed by atoms with van der Waals surface area (Å²) < 4.78 is 91.2. The molecule has 13 rings (SSSR count). The summed E-state index contributed by atoms with van der Waals surface area (Å²) in [5.74, 6) is -4.39. The molecule has 7 unspecified atom stereocenters. The van der Waals surface area contributed by atoms with E-state index in [1.54, 1.807) is 0 Å². The zero-order chi connectivity index (χ0) is 38.6. The topological polar surface area (TPSA) is 186 Å². The second-order valence-corrected chi connectivity index (χ2v) is 21.4. The van der Waals surface area contributed by atoms with Crippen molar-refractivity contribution in [1.82, 2.24) is 0 Å². The number of esters is 3. The SMILES string of the molecule is O=C1C2CC3CC1CC(C(=O)OCC1(COC(=O)C45CC6CC(C4)C(=O)[C@@H](C6)C5)COC4(OC1)C1CC5CC4CC(OC(=O)C(F)(F)S(=O)(=O)O)(C5)C1)(C3)C2. The smallest absolute Gasteiger partial charge is 0.464 e. The molecule has 0 radical (unpaired) electrons. The molecular weight excluding hydrogens is 746 g/mol. The van der Waals surface area contributed by atoms with Gasteiger partial charge in [-0.25, -0.2) is 4.79 Å². The summed E-state index contributed by atoms with van der Waals surface area (Å²) in [5, 5.41) is -5.11. The monoisotopic (exact) mass is 794 g/mol. The number of ether oxygens (including phenoxy) is 5. The van der Waals surface area contributed by atoms with Gasteiger partial charge in [-0.15, -0.1) is 0 Å². The minimum atomic E-state index is -6.04. The van der Waals surface area contributed by atoms with Gasteiger partial charge >= 0.3 is 33.3 Å². The van der Waals surface area contributed by atoms with Crippen molar-refractivity contribution in [3.05, 3.63) is 0 Å². The number of halogens is 2. The van der Waals surface area contributed by atoms with Gasteiger partial charge in [0.1, 0.15) is 30.4 Å². The molecule has 8 atom stereocenters. The van der Waals surface area contributed by atoms with E-state index in [0.717, 1.165) is 25.7 Å². The van der Waals surface area contributed by atoms with E-state index in [1.807, 2.05) is 0 Å². The number of hydrogen-bond acceptors (Lipinski definition) is 12. The van der Waals surface area contributed by atoms with Crippen molar-refractivity contribution in [3.63, 3.8) is 0 Å². The molecule has 0 aromatic heterocycles. The Bertz CT molecular complexity index is 1730. The summed E-state index contributed by atoms with van der Waals surface area (Å²) in [5.41, 5.74) is -3.93. The molecule has 0 aromatic rings. The number of hydrogen-bond donors (Lipinski definition) is 1. The Labute approximate surface area is 317 Å². The molecular formula is C39H48F2O13S. The zero-order valence-electron chi connectivity index (χ0n) is 30.6. The number of ketones is 2. The van der Waals surface area contributed by atoms with Gasteiger partial charge in [-0.05, 0) is 114 Å². The van der Waals surface area contributed by atoms with Gasteiger partial charge in [-0.1, -0.05) is 0 Å². The van der Waals surface area contributed by atoms with Gasteiger partial charge in [0.2, 0.25) is 0 Å². The number of alkyl halides is 2. The third kappa shape index (κ3) is 5.41. The van der Waals surface area contributed by atoms with Gasteiger partial charge in [0.25, 0.3) is 0 Å². The Hall–Kier alpha value is -2.56. The number of carbonyl (C=O) groups is 5. The molecule has 0 aromatic carbocycles. The highest BCUT2D eigenvalue weighted by Gasteiger charge is 2.69. The maximum atomic E-state index is 14.3. The second-order valence-electron chi connectivity index (χ2n) is 19.9. The number of rotatable bonds is 9. The average molecular weight is 795 g/mol. The standard InChI is InChI=1S/C39H48F2O13S/c40-39(41,55(47,48)49)33(46)54-37-9-22-5-27(14-37)38(28(6-22)15-37)52-18-34(19-53-38,16-50-31(44)35-7-20-1-23(10-35)29(42)24(2-20)11-35)17-51-32(45)36-8-21-3-25(12-36)30(43)26(4-21)13-36/h20-28H,1-19H2,(H,47,48,49)/t20?,21?,22?,23-,24?,25?,26?,27?,28?,34?,35?,36?,37?,38?/m0/s1. The van der Waals surface area contributed by atoms with E-state index >= 15 is 0 Å². The predicted molar refractivity (Wildman–Crippen MR) is 180 cm³/mol. The average Bonchev–Trinajstić information content (AvgIpc) is 3.12. The van der Waals surface area contributed by atoms with Gasteiger partial charge in [-0.3, -0.25) is 23.7 Å². The first-order chi connectivity index (χ1) is 25.9. The lowest BCUT2D eigenvalue weighted by molar-refractivity contribution is -0.397. The lowest BCUT2D eigenvalue weighted by atomic mass is 9.49. The second kappa shape index (κ2) is 11.8. The minimum absolute atomic E-state index is 0.0163. The van der Waals surface area contributed by atoms with Crippen LogP contribution < -0.4 is 0 Å². The van der Waals surface area contributed by atoms with Crippen molar-refractivity contribution < 1.29 is 69.4 Å². The van der Waals surface area contributed by atoms with E-state index in [-0.39, 0.29) is 98.8 Å². The number of carbonyl (C=O) groups excluding carboxylic acids is 5. The van der Waals surface area contributed by atoms with Gasteiger partial charge in [0.15, 0.2) is 5.79 Å². The molecule has 55 heavy (non-hydrogen) atoms. The number of Topliss-reactive ketones (excluding diaryl/α,β-unsaturated/α-hetero) is 2. The highest BCUT2D eigenvalue weighted by Crippen LogP contribution is 2.65. The summed E-state index contributed by atoms with van der Waals surface area (Å²) in [6.45, 7) is -0.349. The summed E-state index contributed by atoms with van der Waals surface area (Å²) in [6.07, 6.45) is 8.17. The van der Waals surface area contributed by atoms with E-state index in [1.165, 1.54) is 0 Å². The zero-order valence-corrected chi connectivity index (χ0v) is 31.5. The first kappa shape index (κ1) is 36.8. The molecule has 1 N–H and O–H groups in total. The first-order valence-electron chi connectivity index (χ1n) is 20.1. The molecule has 13 nitrogen and oxygen atoms in total. The van der Waals surface area contributed by atoms with Crippen LogP contribution in [0, 0.1) is 69.5 Å². The first-order valence-corrected chi connectivity index (χ1v) is 21.6. The fraction of sp³-hybridized carbons (Fsp3) is 0.872. The molecule has 1 heterocycles. The highest BCUT2D eigenvalue weighted by molar-refractivity contribution is 7.87. The Morgan fingerprint density at radius 2 is 1.09 bits per heavy atom. The third-order valence-electron chi connectivity index (χ3n) is 16.2. The Morgan fingerprint density at radius 3 is 1.51 bits per heavy atom. The maximum Gasteiger partial charge on any atom is 0.465 e. The molecule has 12 bridgehead atoms. The van der Waals surface area contributed by atoms with Crippen LogP contribution >= 0.6 is 0 Å². The van der Waals surface area contributed by atoms with Crippen LogP contribution in [-0.4, -0.2) is 85.5 Å². The van der Waals surface area contributed by atoms with E-state index in [9.17, 15) is 41.2 Å². The highest BCUT2D eigenvalue weighted by atomic mass is 32.2. The van der Waals surface area contributed by atoms with Crippen molar-refractivity contribution >= 4 is 39.6 Å². The fourth-order valence-electron chi connectivity index (χ4n) is 14.4. The Balaban J connectivity index is 0.871. The van der Waals surface area contributed by atoms with E-state index in [0.29, 0.717) is 63.2 Å². The molecule has 1 spiro atoms.